The molecule has 114 valence electrons. The van der Waals surface area contributed by atoms with Gasteiger partial charge in [-0.1, -0.05) is 0 Å². The largest absolute Gasteiger partial charge is 0.370 e. The van der Waals surface area contributed by atoms with Gasteiger partial charge in [-0.2, -0.15) is 9.97 Å². The minimum Gasteiger partial charge on any atom is -0.370 e. The van der Waals surface area contributed by atoms with Crippen molar-refractivity contribution in [1.29, 1.82) is 0 Å². The quantitative estimate of drug-likeness (QED) is 0.847. The lowest BCUT2D eigenvalue weighted by Gasteiger charge is -2.44. The van der Waals surface area contributed by atoms with Crippen LogP contribution in [0.2, 0.25) is 0 Å². The average molecular weight is 288 g/mol. The standard InChI is InChI=1S/C15H24N6/c16-15-18-13(17-8-11-3-4-11)7-14(19-15)21-9-12(10-21)20-5-1-2-6-20/h7,11-12H,1-6,8-10H2,(H3,16,17,18,19). The van der Waals surface area contributed by atoms with E-state index in [0.29, 0.717) is 12.0 Å². The van der Waals surface area contributed by atoms with Crippen molar-refractivity contribution in [1.82, 2.24) is 14.9 Å². The Hall–Kier alpha value is -1.56. The highest BCUT2D eigenvalue weighted by Gasteiger charge is 2.34. The van der Waals surface area contributed by atoms with Crippen LogP contribution in [0.15, 0.2) is 6.07 Å². The number of nitrogens with zero attached hydrogens (tertiary/aromatic N) is 4. The summed E-state index contributed by atoms with van der Waals surface area (Å²) >= 11 is 0. The van der Waals surface area contributed by atoms with Gasteiger partial charge < -0.3 is 16.0 Å². The van der Waals surface area contributed by atoms with Crippen molar-refractivity contribution in [2.24, 2.45) is 5.92 Å². The molecule has 0 radical (unpaired) electrons. The maximum atomic E-state index is 5.86. The van der Waals surface area contributed by atoms with E-state index in [-0.39, 0.29) is 0 Å². The van der Waals surface area contributed by atoms with Crippen molar-refractivity contribution in [3.8, 4) is 0 Å². The van der Waals surface area contributed by atoms with E-state index < -0.39 is 0 Å². The van der Waals surface area contributed by atoms with Crippen molar-refractivity contribution in [2.45, 2.75) is 31.7 Å². The van der Waals surface area contributed by atoms with Crippen LogP contribution in [0.4, 0.5) is 17.6 Å². The Bertz CT molecular complexity index is 503. The van der Waals surface area contributed by atoms with Crippen LogP contribution in [0.5, 0.6) is 0 Å². The van der Waals surface area contributed by atoms with Gasteiger partial charge in [0.15, 0.2) is 0 Å². The van der Waals surface area contributed by atoms with E-state index >= 15 is 0 Å². The Kier molecular flexibility index (Phi) is 3.33. The minimum atomic E-state index is 0.371. The molecule has 3 heterocycles. The van der Waals surface area contributed by atoms with Crippen molar-refractivity contribution < 1.29 is 0 Å². The second kappa shape index (κ2) is 5.33. The molecule has 2 aliphatic heterocycles. The summed E-state index contributed by atoms with van der Waals surface area (Å²) in [7, 11) is 0. The van der Waals surface area contributed by atoms with Gasteiger partial charge in [0.25, 0.3) is 0 Å². The Labute approximate surface area is 125 Å². The van der Waals surface area contributed by atoms with E-state index in [0.717, 1.165) is 37.2 Å². The second-order valence-electron chi connectivity index (χ2n) is 6.60. The minimum absolute atomic E-state index is 0.371. The van der Waals surface area contributed by atoms with Crippen LogP contribution in [0.3, 0.4) is 0 Å². The second-order valence-corrected chi connectivity index (χ2v) is 6.60. The molecule has 1 aromatic heterocycles. The Balaban J connectivity index is 1.38. The number of hydrogen-bond donors (Lipinski definition) is 2. The van der Waals surface area contributed by atoms with Crippen LogP contribution in [0, 0.1) is 5.92 Å². The molecule has 0 amide bonds. The first-order chi connectivity index (χ1) is 10.3. The van der Waals surface area contributed by atoms with E-state index in [9.17, 15) is 0 Å². The number of nitrogen functional groups attached to an aromatic ring is 1. The lowest BCUT2D eigenvalue weighted by molar-refractivity contribution is 0.204. The van der Waals surface area contributed by atoms with Crippen LogP contribution in [-0.2, 0) is 0 Å². The topological polar surface area (TPSA) is 70.3 Å². The fourth-order valence-corrected chi connectivity index (χ4v) is 3.26. The number of anilines is 3. The predicted octanol–water partition coefficient (Wildman–Crippen LogP) is 1.17. The molecule has 4 rings (SSSR count). The van der Waals surface area contributed by atoms with E-state index in [4.69, 9.17) is 5.73 Å². The van der Waals surface area contributed by atoms with Gasteiger partial charge >= 0.3 is 0 Å². The molecule has 3 N–H and O–H groups in total. The molecular weight excluding hydrogens is 264 g/mol. The molecule has 0 bridgehead atoms. The number of nitrogens with two attached hydrogens (primary N) is 1. The molecule has 21 heavy (non-hydrogen) atoms. The summed E-state index contributed by atoms with van der Waals surface area (Å²) in [6, 6.07) is 2.74. The molecule has 3 aliphatic rings. The SMILES string of the molecule is Nc1nc(NCC2CC2)cc(N2CC(N3CCCC3)C2)n1. The molecule has 1 aliphatic carbocycles. The molecule has 6 nitrogen and oxygen atoms in total. The first kappa shape index (κ1) is 13.1. The number of nitrogens with one attached hydrogen (secondary N) is 1. The molecule has 0 unspecified atom stereocenters. The predicted molar refractivity (Wildman–Crippen MR) is 84.5 cm³/mol. The lowest BCUT2D eigenvalue weighted by Crippen LogP contribution is -2.59. The molecule has 0 atom stereocenters. The van der Waals surface area contributed by atoms with Gasteiger partial charge in [0.2, 0.25) is 5.95 Å². The van der Waals surface area contributed by atoms with Crippen LogP contribution < -0.4 is 16.0 Å². The van der Waals surface area contributed by atoms with E-state index in [2.05, 4.69) is 25.1 Å². The van der Waals surface area contributed by atoms with Gasteiger partial charge in [0.05, 0.1) is 0 Å². The smallest absolute Gasteiger partial charge is 0.223 e. The fraction of sp³-hybridized carbons (Fsp3) is 0.733. The number of aromatic nitrogens is 2. The molecule has 6 heteroatoms. The molecule has 2 saturated heterocycles. The third kappa shape index (κ3) is 2.90. The van der Waals surface area contributed by atoms with Crippen LogP contribution >= 0.6 is 0 Å². The van der Waals surface area contributed by atoms with Gasteiger partial charge in [0, 0.05) is 31.7 Å². The third-order valence-electron chi connectivity index (χ3n) is 4.84. The molecule has 0 spiro atoms. The van der Waals surface area contributed by atoms with Crippen molar-refractivity contribution in [3.63, 3.8) is 0 Å². The van der Waals surface area contributed by atoms with Crippen molar-refractivity contribution in [3.05, 3.63) is 6.07 Å². The zero-order chi connectivity index (χ0) is 14.2. The molecule has 1 aromatic rings. The van der Waals surface area contributed by atoms with Crippen molar-refractivity contribution >= 4 is 17.6 Å². The van der Waals surface area contributed by atoms with Gasteiger partial charge in [-0.15, -0.1) is 0 Å². The summed E-state index contributed by atoms with van der Waals surface area (Å²) in [4.78, 5) is 13.6. The highest BCUT2D eigenvalue weighted by Crippen LogP contribution is 2.30. The highest BCUT2D eigenvalue weighted by molar-refractivity contribution is 5.54. The Morgan fingerprint density at radius 3 is 2.67 bits per heavy atom. The number of likely N-dealkylation sites (tertiary alicyclic amines) is 1. The molecule has 0 aromatic carbocycles. The van der Waals surface area contributed by atoms with Gasteiger partial charge in [0.1, 0.15) is 11.6 Å². The first-order valence-corrected chi connectivity index (χ1v) is 8.15. The van der Waals surface area contributed by atoms with Gasteiger partial charge in [-0.25, -0.2) is 0 Å². The lowest BCUT2D eigenvalue weighted by atomic mass is 10.1. The maximum Gasteiger partial charge on any atom is 0.223 e. The summed E-state index contributed by atoms with van der Waals surface area (Å²) in [6.45, 7) is 5.67. The first-order valence-electron chi connectivity index (χ1n) is 8.15. The van der Waals surface area contributed by atoms with Crippen molar-refractivity contribution in [2.75, 3.05) is 48.7 Å². The van der Waals surface area contributed by atoms with E-state index in [1.165, 1.54) is 38.8 Å². The monoisotopic (exact) mass is 288 g/mol. The molecule has 3 fully saturated rings. The zero-order valence-electron chi connectivity index (χ0n) is 12.5. The van der Waals surface area contributed by atoms with Gasteiger partial charge in [-0.05, 0) is 44.7 Å². The summed E-state index contributed by atoms with van der Waals surface area (Å²) in [5.41, 5.74) is 5.86. The van der Waals surface area contributed by atoms with Crippen LogP contribution in [0.1, 0.15) is 25.7 Å². The number of hydrogen-bond acceptors (Lipinski definition) is 6. The zero-order valence-corrected chi connectivity index (χ0v) is 12.5. The molecular formula is C15H24N6. The molecule has 1 saturated carbocycles. The third-order valence-corrected chi connectivity index (χ3v) is 4.84. The normalized spacial score (nSPS) is 23.3. The average Bonchev–Trinajstić information content (AvgIpc) is 3.09. The Morgan fingerprint density at radius 2 is 1.95 bits per heavy atom. The highest BCUT2D eigenvalue weighted by atomic mass is 15.3. The summed E-state index contributed by atoms with van der Waals surface area (Å²) in [6.07, 6.45) is 5.38. The fourth-order valence-electron chi connectivity index (χ4n) is 3.26. The van der Waals surface area contributed by atoms with Gasteiger partial charge in [-0.3, -0.25) is 4.90 Å². The number of rotatable bonds is 5. The maximum absolute atomic E-state index is 5.86. The van der Waals surface area contributed by atoms with E-state index in [1.54, 1.807) is 0 Å². The van der Waals surface area contributed by atoms with Crippen LogP contribution in [0.25, 0.3) is 0 Å². The summed E-state index contributed by atoms with van der Waals surface area (Å²) in [5.74, 6) is 3.04. The summed E-state index contributed by atoms with van der Waals surface area (Å²) in [5, 5.41) is 3.39. The van der Waals surface area contributed by atoms with Crippen LogP contribution in [-0.4, -0.2) is 53.6 Å². The van der Waals surface area contributed by atoms with E-state index in [1.807, 2.05) is 6.07 Å². The summed E-state index contributed by atoms with van der Waals surface area (Å²) < 4.78 is 0. The Morgan fingerprint density at radius 1 is 1.19 bits per heavy atom.